The summed E-state index contributed by atoms with van der Waals surface area (Å²) >= 11 is 0. The van der Waals surface area contributed by atoms with Gasteiger partial charge in [-0.1, -0.05) is 5.92 Å². The molecule has 23 heavy (non-hydrogen) atoms. The van der Waals surface area contributed by atoms with Gasteiger partial charge in [-0.2, -0.15) is 4.31 Å². The van der Waals surface area contributed by atoms with Crippen molar-refractivity contribution in [3.05, 3.63) is 24.3 Å². The molecule has 0 saturated carbocycles. The number of hydrogen-bond donors (Lipinski definition) is 2. The van der Waals surface area contributed by atoms with Crippen molar-refractivity contribution in [2.24, 2.45) is 5.92 Å². The molecule has 1 heterocycles. The first-order valence-electron chi connectivity index (χ1n) is 7.05. The topological polar surface area (TPSA) is 95.9 Å². The highest BCUT2D eigenvalue weighted by molar-refractivity contribution is 7.89. The predicted octanol–water partition coefficient (Wildman–Crippen LogP) is 0.605. The minimum atomic E-state index is -3.67. The van der Waals surface area contributed by atoms with E-state index in [4.69, 9.17) is 9.94 Å². The van der Waals surface area contributed by atoms with Gasteiger partial charge in [-0.3, -0.25) is 10.0 Å². The molecule has 0 aliphatic carbocycles. The van der Waals surface area contributed by atoms with Crippen molar-refractivity contribution >= 4 is 15.9 Å². The predicted molar refractivity (Wildman–Crippen MR) is 82.2 cm³/mol. The highest BCUT2D eigenvalue weighted by atomic mass is 32.2. The van der Waals surface area contributed by atoms with Crippen molar-refractivity contribution in [1.82, 2.24) is 9.79 Å². The first-order valence-corrected chi connectivity index (χ1v) is 8.49. The van der Waals surface area contributed by atoms with Crippen LogP contribution in [0, 0.1) is 17.8 Å². The van der Waals surface area contributed by atoms with Crippen LogP contribution in [0.4, 0.5) is 0 Å². The van der Waals surface area contributed by atoms with E-state index in [0.29, 0.717) is 12.2 Å². The smallest absolute Gasteiger partial charge is 0.247 e. The van der Waals surface area contributed by atoms with Crippen LogP contribution in [0.25, 0.3) is 0 Å². The van der Waals surface area contributed by atoms with Gasteiger partial charge in [0.15, 0.2) is 0 Å². The van der Waals surface area contributed by atoms with Crippen molar-refractivity contribution < 1.29 is 23.2 Å². The number of hydrogen-bond acceptors (Lipinski definition) is 5. The molecule has 1 unspecified atom stereocenters. The summed E-state index contributed by atoms with van der Waals surface area (Å²) in [6, 6.07) is 6.06. The third-order valence-corrected chi connectivity index (χ3v) is 5.46. The Kier molecular flexibility index (Phi) is 5.60. The molecule has 8 heteroatoms. The number of hydroxylamine groups is 1. The first kappa shape index (κ1) is 17.3. The van der Waals surface area contributed by atoms with Crippen LogP contribution >= 0.6 is 0 Å². The minimum absolute atomic E-state index is 0.0546. The van der Waals surface area contributed by atoms with Crippen molar-refractivity contribution in [3.63, 3.8) is 0 Å². The number of carbonyl (C=O) groups excluding carboxylic acids is 1. The number of amides is 1. The Morgan fingerprint density at radius 3 is 2.74 bits per heavy atom. The van der Waals surface area contributed by atoms with Gasteiger partial charge in [0, 0.05) is 13.1 Å². The molecule has 1 aliphatic heterocycles. The summed E-state index contributed by atoms with van der Waals surface area (Å²) in [4.78, 5) is 11.5. The lowest BCUT2D eigenvalue weighted by molar-refractivity contribution is -0.132. The molecule has 1 saturated heterocycles. The van der Waals surface area contributed by atoms with E-state index in [9.17, 15) is 13.2 Å². The van der Waals surface area contributed by atoms with Crippen LogP contribution < -0.4 is 10.2 Å². The summed E-state index contributed by atoms with van der Waals surface area (Å²) in [5, 5.41) is 8.63. The molecule has 2 N–H and O–H groups in total. The van der Waals surface area contributed by atoms with E-state index in [-0.39, 0.29) is 24.6 Å². The van der Waals surface area contributed by atoms with Crippen LogP contribution in [0.2, 0.25) is 0 Å². The molecule has 1 amide bonds. The van der Waals surface area contributed by atoms with Gasteiger partial charge in [0.25, 0.3) is 0 Å². The third kappa shape index (κ3) is 4.01. The summed E-state index contributed by atoms with van der Waals surface area (Å²) in [5.74, 6) is 4.88. The molecule has 0 aromatic heterocycles. The number of sulfonamides is 1. The molecule has 1 aromatic carbocycles. The van der Waals surface area contributed by atoms with Crippen LogP contribution in [-0.4, -0.2) is 43.5 Å². The van der Waals surface area contributed by atoms with Crippen LogP contribution in [-0.2, 0) is 14.8 Å². The molecular weight excluding hydrogens is 320 g/mol. The van der Waals surface area contributed by atoms with Gasteiger partial charge in [-0.15, -0.1) is 5.92 Å². The minimum Gasteiger partial charge on any atom is -0.481 e. The van der Waals surface area contributed by atoms with Crippen molar-refractivity contribution in [3.8, 4) is 17.6 Å². The second kappa shape index (κ2) is 7.46. The summed E-state index contributed by atoms with van der Waals surface area (Å²) in [5.41, 5.74) is 1.56. The largest absolute Gasteiger partial charge is 0.481 e. The Labute approximate surface area is 135 Å². The average Bonchev–Trinajstić information content (AvgIpc) is 3.06. The molecule has 0 radical (unpaired) electrons. The van der Waals surface area contributed by atoms with Gasteiger partial charge in [0.05, 0.1) is 10.8 Å². The zero-order valence-corrected chi connectivity index (χ0v) is 13.5. The van der Waals surface area contributed by atoms with Crippen LogP contribution in [0.5, 0.6) is 5.75 Å². The average molecular weight is 338 g/mol. The first-order chi connectivity index (χ1) is 11.0. The standard InChI is InChI=1S/C15H18N2O5S/c1-2-3-10-22-13-4-6-14(7-5-13)23(20,21)17-9-8-12(11-17)15(18)16-19/h4-7,12,19H,8-11H2,1H3,(H,16,18). The van der Waals surface area contributed by atoms with Crippen LogP contribution in [0.1, 0.15) is 13.3 Å². The maximum Gasteiger partial charge on any atom is 0.247 e. The number of nitrogens with zero attached hydrogens (tertiary/aromatic N) is 1. The molecule has 1 aromatic rings. The second-order valence-electron chi connectivity index (χ2n) is 5.01. The molecule has 1 fully saturated rings. The fraction of sp³-hybridized carbons (Fsp3) is 0.400. The van der Waals surface area contributed by atoms with Gasteiger partial charge in [0.2, 0.25) is 15.9 Å². The number of ether oxygens (including phenoxy) is 1. The summed E-state index contributed by atoms with van der Waals surface area (Å²) in [6.07, 6.45) is 0.377. The van der Waals surface area contributed by atoms with E-state index < -0.39 is 21.8 Å². The lowest BCUT2D eigenvalue weighted by atomic mass is 10.1. The van der Waals surface area contributed by atoms with Crippen LogP contribution in [0.15, 0.2) is 29.2 Å². The highest BCUT2D eigenvalue weighted by Gasteiger charge is 2.35. The van der Waals surface area contributed by atoms with E-state index >= 15 is 0 Å². The van der Waals surface area contributed by atoms with Crippen LogP contribution in [0.3, 0.4) is 0 Å². The highest BCUT2D eigenvalue weighted by Crippen LogP contribution is 2.25. The van der Waals surface area contributed by atoms with Gasteiger partial charge in [-0.25, -0.2) is 13.9 Å². The lowest BCUT2D eigenvalue weighted by Gasteiger charge is -2.16. The summed E-state index contributed by atoms with van der Waals surface area (Å²) in [6.45, 7) is 2.25. The van der Waals surface area contributed by atoms with E-state index in [1.165, 1.54) is 16.4 Å². The number of carbonyl (C=O) groups is 1. The van der Waals surface area contributed by atoms with Crippen molar-refractivity contribution in [1.29, 1.82) is 0 Å². The van der Waals surface area contributed by atoms with Crippen molar-refractivity contribution in [2.45, 2.75) is 18.2 Å². The molecule has 2 rings (SSSR count). The third-order valence-electron chi connectivity index (χ3n) is 3.58. The molecule has 124 valence electrons. The number of rotatable bonds is 5. The Bertz CT molecular complexity index is 718. The van der Waals surface area contributed by atoms with Gasteiger partial charge >= 0.3 is 0 Å². The van der Waals surface area contributed by atoms with Gasteiger partial charge < -0.3 is 4.74 Å². The van der Waals surface area contributed by atoms with Gasteiger partial charge in [0.1, 0.15) is 12.4 Å². The van der Waals surface area contributed by atoms with Crippen molar-refractivity contribution in [2.75, 3.05) is 19.7 Å². The van der Waals surface area contributed by atoms with Gasteiger partial charge in [-0.05, 0) is 37.6 Å². The SMILES string of the molecule is CC#CCOc1ccc(S(=O)(=O)N2CCC(C(=O)NO)C2)cc1. The normalized spacial score (nSPS) is 18.1. The summed E-state index contributed by atoms with van der Waals surface area (Å²) < 4.78 is 31.6. The molecule has 1 aliphatic rings. The zero-order chi connectivity index (χ0) is 16.9. The Balaban J connectivity index is 2.07. The zero-order valence-electron chi connectivity index (χ0n) is 12.7. The fourth-order valence-corrected chi connectivity index (χ4v) is 3.80. The quantitative estimate of drug-likeness (QED) is 0.466. The van der Waals surface area contributed by atoms with E-state index in [1.54, 1.807) is 24.5 Å². The summed E-state index contributed by atoms with van der Waals surface area (Å²) in [7, 11) is -3.67. The fourth-order valence-electron chi connectivity index (χ4n) is 2.30. The lowest BCUT2D eigenvalue weighted by Crippen LogP contribution is -2.33. The van der Waals surface area contributed by atoms with E-state index in [2.05, 4.69) is 11.8 Å². The molecule has 0 spiro atoms. The Morgan fingerprint density at radius 1 is 1.43 bits per heavy atom. The van der Waals surface area contributed by atoms with E-state index in [1.807, 2.05) is 0 Å². The molecule has 0 bridgehead atoms. The monoisotopic (exact) mass is 338 g/mol. The Morgan fingerprint density at radius 2 is 2.13 bits per heavy atom. The number of nitrogens with one attached hydrogen (secondary N) is 1. The maximum atomic E-state index is 12.5. The Hall–Kier alpha value is -2.08. The molecule has 1 atom stereocenters. The molecular formula is C15H18N2O5S. The second-order valence-corrected chi connectivity index (χ2v) is 6.95. The van der Waals surface area contributed by atoms with E-state index in [0.717, 1.165) is 0 Å². The molecule has 7 nitrogen and oxygen atoms in total. The maximum absolute atomic E-state index is 12.5. The number of benzene rings is 1.